The van der Waals surface area contributed by atoms with Crippen LogP contribution in [-0.2, 0) is 4.79 Å². The molecule has 142 valence electrons. The van der Waals surface area contributed by atoms with Crippen LogP contribution in [0.15, 0.2) is 47.3 Å². The van der Waals surface area contributed by atoms with Gasteiger partial charge in [0.1, 0.15) is 5.75 Å². The van der Waals surface area contributed by atoms with Crippen molar-refractivity contribution in [3.63, 3.8) is 0 Å². The standard InChI is InChI=1S/C20H18N4O4/c25-17-10-18(23-17)28-14-6-2-12(3-7-14)21-19(26)11-1-8-15-16(9-11)24(13-4-5-13)20(27)22-15/h1-3,6-9,13,18H,4-5,10H2,(H,21,26)(H,22,27)(H,23,25). The highest BCUT2D eigenvalue weighted by Gasteiger charge is 2.28. The van der Waals surface area contributed by atoms with E-state index in [1.165, 1.54) is 0 Å². The number of rotatable bonds is 5. The van der Waals surface area contributed by atoms with E-state index in [0.29, 0.717) is 23.4 Å². The summed E-state index contributed by atoms with van der Waals surface area (Å²) in [4.78, 5) is 38.5. The molecule has 0 spiro atoms. The SMILES string of the molecule is O=C1CC(Oc2ccc(NC(=O)c3ccc4[nH]c(=O)n(C5CC5)c4c3)cc2)N1. The van der Waals surface area contributed by atoms with E-state index in [9.17, 15) is 14.4 Å². The van der Waals surface area contributed by atoms with Crippen LogP contribution < -0.4 is 21.1 Å². The minimum Gasteiger partial charge on any atom is -0.470 e. The van der Waals surface area contributed by atoms with Crippen molar-refractivity contribution in [1.29, 1.82) is 0 Å². The first-order chi connectivity index (χ1) is 13.6. The van der Waals surface area contributed by atoms with E-state index in [-0.39, 0.29) is 29.8 Å². The maximum absolute atomic E-state index is 12.6. The Morgan fingerprint density at radius 3 is 2.54 bits per heavy atom. The molecule has 1 aliphatic carbocycles. The zero-order valence-corrected chi connectivity index (χ0v) is 14.9. The summed E-state index contributed by atoms with van der Waals surface area (Å²) in [5.74, 6) is 0.336. The van der Waals surface area contributed by atoms with Gasteiger partial charge < -0.3 is 20.4 Å². The third-order valence-electron chi connectivity index (χ3n) is 4.98. The van der Waals surface area contributed by atoms with Crippen LogP contribution in [0.2, 0.25) is 0 Å². The maximum Gasteiger partial charge on any atom is 0.326 e. The summed E-state index contributed by atoms with van der Waals surface area (Å²) in [7, 11) is 0. The molecule has 8 nitrogen and oxygen atoms in total. The molecule has 1 aromatic heterocycles. The second kappa shape index (κ2) is 6.26. The Bertz CT molecular complexity index is 1130. The molecule has 3 aromatic rings. The minimum absolute atomic E-state index is 0.0274. The Labute approximate surface area is 159 Å². The molecule has 5 rings (SSSR count). The van der Waals surface area contributed by atoms with Crippen molar-refractivity contribution < 1.29 is 14.3 Å². The van der Waals surface area contributed by atoms with Crippen LogP contribution in [0, 0.1) is 0 Å². The van der Waals surface area contributed by atoms with Gasteiger partial charge in [-0.25, -0.2) is 4.79 Å². The Morgan fingerprint density at radius 1 is 1.11 bits per heavy atom. The molecule has 1 atom stereocenters. The van der Waals surface area contributed by atoms with Crippen LogP contribution in [0.3, 0.4) is 0 Å². The van der Waals surface area contributed by atoms with E-state index in [1.54, 1.807) is 47.0 Å². The van der Waals surface area contributed by atoms with Gasteiger partial charge in [-0.3, -0.25) is 14.2 Å². The van der Waals surface area contributed by atoms with Crippen LogP contribution >= 0.6 is 0 Å². The monoisotopic (exact) mass is 378 g/mol. The highest BCUT2D eigenvalue weighted by atomic mass is 16.5. The number of aromatic nitrogens is 2. The zero-order chi connectivity index (χ0) is 19.3. The Morgan fingerprint density at radius 2 is 1.86 bits per heavy atom. The first-order valence-corrected chi connectivity index (χ1v) is 9.18. The molecule has 1 unspecified atom stereocenters. The molecular weight excluding hydrogens is 360 g/mol. The van der Waals surface area contributed by atoms with E-state index < -0.39 is 0 Å². The molecule has 2 heterocycles. The fourth-order valence-electron chi connectivity index (χ4n) is 3.34. The van der Waals surface area contributed by atoms with Crippen LogP contribution in [0.25, 0.3) is 11.0 Å². The number of nitrogens with one attached hydrogen (secondary N) is 3. The van der Waals surface area contributed by atoms with Gasteiger partial charge in [0.15, 0.2) is 6.23 Å². The summed E-state index contributed by atoms with van der Waals surface area (Å²) in [6, 6.07) is 12.4. The van der Waals surface area contributed by atoms with Crippen LogP contribution in [0.1, 0.15) is 35.7 Å². The van der Waals surface area contributed by atoms with Gasteiger partial charge in [-0.05, 0) is 55.3 Å². The lowest BCUT2D eigenvalue weighted by Gasteiger charge is -2.27. The number of ether oxygens (including phenoxy) is 1. The number of anilines is 1. The molecule has 1 saturated carbocycles. The van der Waals surface area contributed by atoms with Crippen molar-refractivity contribution in [1.82, 2.24) is 14.9 Å². The van der Waals surface area contributed by atoms with Crippen LogP contribution in [0.5, 0.6) is 5.75 Å². The second-order valence-electron chi connectivity index (χ2n) is 7.12. The number of benzene rings is 2. The van der Waals surface area contributed by atoms with Gasteiger partial charge in [0, 0.05) is 17.3 Å². The fourth-order valence-corrected chi connectivity index (χ4v) is 3.34. The molecule has 2 aromatic carbocycles. The summed E-state index contributed by atoms with van der Waals surface area (Å²) < 4.78 is 7.31. The van der Waals surface area contributed by atoms with Crippen molar-refractivity contribution >= 4 is 28.5 Å². The molecule has 2 aliphatic rings. The van der Waals surface area contributed by atoms with Gasteiger partial charge in [0.2, 0.25) is 5.91 Å². The van der Waals surface area contributed by atoms with E-state index in [4.69, 9.17) is 4.74 Å². The van der Waals surface area contributed by atoms with Crippen molar-refractivity contribution in [3.8, 4) is 5.75 Å². The summed E-state index contributed by atoms with van der Waals surface area (Å²) in [5, 5.41) is 5.48. The van der Waals surface area contributed by atoms with Gasteiger partial charge in [-0.2, -0.15) is 0 Å². The highest BCUT2D eigenvalue weighted by molar-refractivity contribution is 6.06. The summed E-state index contributed by atoms with van der Waals surface area (Å²) in [6.07, 6.45) is 2.04. The lowest BCUT2D eigenvalue weighted by molar-refractivity contribution is -0.134. The van der Waals surface area contributed by atoms with E-state index in [1.807, 2.05) is 0 Å². The number of hydrogen-bond donors (Lipinski definition) is 3. The third kappa shape index (κ3) is 3.02. The number of carbonyl (C=O) groups is 2. The van der Waals surface area contributed by atoms with Crippen molar-refractivity contribution in [3.05, 3.63) is 58.5 Å². The first kappa shape index (κ1) is 16.6. The highest BCUT2D eigenvalue weighted by Crippen LogP contribution is 2.35. The number of β-lactam (4-membered cyclic amide) rings is 1. The molecule has 2 amide bonds. The summed E-state index contributed by atoms with van der Waals surface area (Å²) >= 11 is 0. The number of aromatic amines is 1. The zero-order valence-electron chi connectivity index (χ0n) is 14.9. The number of hydrogen-bond acceptors (Lipinski definition) is 4. The van der Waals surface area contributed by atoms with Crippen molar-refractivity contribution in [2.75, 3.05) is 5.32 Å². The van der Waals surface area contributed by atoms with Crippen molar-refractivity contribution in [2.45, 2.75) is 31.5 Å². The predicted octanol–water partition coefficient (Wildman–Crippen LogP) is 2.14. The molecule has 3 N–H and O–H groups in total. The molecule has 1 saturated heterocycles. The fraction of sp³-hybridized carbons (Fsp3) is 0.250. The average Bonchev–Trinajstić information content (AvgIpc) is 3.43. The van der Waals surface area contributed by atoms with Gasteiger partial charge in [-0.1, -0.05) is 0 Å². The van der Waals surface area contributed by atoms with E-state index in [0.717, 1.165) is 23.9 Å². The number of fused-ring (bicyclic) bond motifs is 1. The predicted molar refractivity (Wildman–Crippen MR) is 102 cm³/mol. The lowest BCUT2D eigenvalue weighted by Crippen LogP contribution is -2.51. The van der Waals surface area contributed by atoms with Crippen molar-refractivity contribution in [2.24, 2.45) is 0 Å². The lowest BCUT2D eigenvalue weighted by atomic mass is 10.1. The van der Waals surface area contributed by atoms with E-state index >= 15 is 0 Å². The van der Waals surface area contributed by atoms with Gasteiger partial charge in [-0.15, -0.1) is 0 Å². The number of imidazole rings is 1. The third-order valence-corrected chi connectivity index (χ3v) is 4.98. The minimum atomic E-state index is -0.287. The number of carbonyl (C=O) groups excluding carboxylic acids is 2. The second-order valence-corrected chi connectivity index (χ2v) is 7.12. The smallest absolute Gasteiger partial charge is 0.326 e. The Kier molecular flexibility index (Phi) is 3.71. The summed E-state index contributed by atoms with van der Waals surface area (Å²) in [6.45, 7) is 0. The molecule has 28 heavy (non-hydrogen) atoms. The number of amides is 2. The average molecular weight is 378 g/mol. The molecule has 8 heteroatoms. The number of nitrogens with zero attached hydrogens (tertiary/aromatic N) is 1. The van der Waals surface area contributed by atoms with E-state index in [2.05, 4.69) is 15.6 Å². The first-order valence-electron chi connectivity index (χ1n) is 9.18. The van der Waals surface area contributed by atoms with Gasteiger partial charge >= 0.3 is 5.69 Å². The molecular formula is C20H18N4O4. The van der Waals surface area contributed by atoms with Gasteiger partial charge in [0.25, 0.3) is 5.91 Å². The summed E-state index contributed by atoms with van der Waals surface area (Å²) in [5.41, 5.74) is 2.47. The largest absolute Gasteiger partial charge is 0.470 e. The van der Waals surface area contributed by atoms with Crippen LogP contribution in [0.4, 0.5) is 5.69 Å². The molecule has 2 fully saturated rings. The normalized spacial score (nSPS) is 18.4. The Hall–Kier alpha value is -3.55. The number of H-pyrrole nitrogens is 1. The quantitative estimate of drug-likeness (QED) is 0.592. The Balaban J connectivity index is 1.31. The topological polar surface area (TPSA) is 105 Å². The molecule has 0 radical (unpaired) electrons. The van der Waals surface area contributed by atoms with Crippen LogP contribution in [-0.4, -0.2) is 27.6 Å². The molecule has 0 bridgehead atoms. The van der Waals surface area contributed by atoms with Gasteiger partial charge in [0.05, 0.1) is 17.5 Å². The molecule has 1 aliphatic heterocycles. The maximum atomic E-state index is 12.6.